The molecule has 0 amide bonds. The van der Waals surface area contributed by atoms with Crippen molar-refractivity contribution < 1.29 is 4.39 Å². The molecule has 0 heterocycles. The van der Waals surface area contributed by atoms with E-state index in [1.54, 1.807) is 18.4 Å². The molecule has 0 radical (unpaired) electrons. The molecule has 0 fully saturated rings. The van der Waals surface area contributed by atoms with Crippen LogP contribution in [0.4, 0.5) is 4.39 Å². The Morgan fingerprint density at radius 1 is 1.36 bits per heavy atom. The predicted octanol–water partition coefficient (Wildman–Crippen LogP) is 3.85. The lowest BCUT2D eigenvalue weighted by atomic mass is 10.3. The zero-order chi connectivity index (χ0) is 8.43. The molecule has 0 aliphatic rings. The van der Waals surface area contributed by atoms with Gasteiger partial charge in [0.15, 0.2) is 5.82 Å². The summed E-state index contributed by atoms with van der Waals surface area (Å²) < 4.78 is 13.0. The van der Waals surface area contributed by atoms with Crippen molar-refractivity contribution in [2.24, 2.45) is 0 Å². The standard InChI is InChI=1S/C7H5Cl2FS/c1-11-5-3-2-4(8)6(9)7(5)10/h2-3H,1H3. The number of rotatable bonds is 1. The third-order valence-corrected chi connectivity index (χ3v) is 2.76. The lowest BCUT2D eigenvalue weighted by molar-refractivity contribution is 0.603. The van der Waals surface area contributed by atoms with Gasteiger partial charge in [-0.1, -0.05) is 23.2 Å². The van der Waals surface area contributed by atoms with E-state index in [4.69, 9.17) is 23.2 Å². The molecule has 0 spiro atoms. The quantitative estimate of drug-likeness (QED) is 0.502. The van der Waals surface area contributed by atoms with Crippen molar-refractivity contribution in [1.29, 1.82) is 0 Å². The Morgan fingerprint density at radius 2 is 2.00 bits per heavy atom. The van der Waals surface area contributed by atoms with E-state index >= 15 is 0 Å². The summed E-state index contributed by atoms with van der Waals surface area (Å²) in [7, 11) is 0. The Labute approximate surface area is 78.7 Å². The SMILES string of the molecule is CSc1ccc(Cl)c(Cl)c1F. The average Bonchev–Trinajstić information content (AvgIpc) is 2.01. The topological polar surface area (TPSA) is 0 Å². The highest BCUT2D eigenvalue weighted by molar-refractivity contribution is 7.98. The highest BCUT2D eigenvalue weighted by atomic mass is 35.5. The number of hydrogen-bond acceptors (Lipinski definition) is 1. The molecule has 4 heteroatoms. The second kappa shape index (κ2) is 3.65. The van der Waals surface area contributed by atoms with E-state index in [2.05, 4.69) is 0 Å². The third-order valence-electron chi connectivity index (χ3n) is 1.22. The Balaban J connectivity index is 3.25. The molecule has 0 aromatic heterocycles. The molecule has 0 N–H and O–H groups in total. The molecule has 0 bridgehead atoms. The highest BCUT2D eigenvalue weighted by Gasteiger charge is 2.08. The summed E-state index contributed by atoms with van der Waals surface area (Å²) in [6.07, 6.45) is 1.78. The van der Waals surface area contributed by atoms with Crippen LogP contribution in [-0.4, -0.2) is 6.26 Å². The molecule has 0 saturated carbocycles. The van der Waals surface area contributed by atoms with Crippen LogP contribution in [-0.2, 0) is 0 Å². The molecule has 1 aromatic carbocycles. The van der Waals surface area contributed by atoms with Gasteiger partial charge in [0.2, 0.25) is 0 Å². The summed E-state index contributed by atoms with van der Waals surface area (Å²) in [6.45, 7) is 0. The Kier molecular flexibility index (Phi) is 3.05. The molecular weight excluding hydrogens is 206 g/mol. The maximum absolute atomic E-state index is 13.0. The lowest BCUT2D eigenvalue weighted by Crippen LogP contribution is -1.82. The Bertz CT molecular complexity index is 275. The molecule has 0 nitrogen and oxygen atoms in total. The van der Waals surface area contributed by atoms with Crippen molar-refractivity contribution in [3.8, 4) is 0 Å². The van der Waals surface area contributed by atoms with Crippen molar-refractivity contribution >= 4 is 35.0 Å². The summed E-state index contributed by atoms with van der Waals surface area (Å²) in [5, 5.41) is 0.250. The smallest absolute Gasteiger partial charge is 0.156 e. The Morgan fingerprint density at radius 3 is 2.55 bits per heavy atom. The first kappa shape index (κ1) is 9.17. The first-order valence-electron chi connectivity index (χ1n) is 2.84. The van der Waals surface area contributed by atoms with Gasteiger partial charge in [-0.15, -0.1) is 11.8 Å². The summed E-state index contributed by atoms with van der Waals surface area (Å²) >= 11 is 12.4. The van der Waals surface area contributed by atoms with E-state index in [1.165, 1.54) is 11.8 Å². The first-order valence-corrected chi connectivity index (χ1v) is 4.82. The van der Waals surface area contributed by atoms with E-state index in [-0.39, 0.29) is 10.0 Å². The second-order valence-corrected chi connectivity index (χ2v) is 3.51. The minimum atomic E-state index is -0.438. The predicted molar refractivity (Wildman–Crippen MR) is 48.2 cm³/mol. The van der Waals surface area contributed by atoms with Crippen molar-refractivity contribution in [2.75, 3.05) is 6.26 Å². The molecule has 0 aliphatic heterocycles. The summed E-state index contributed by atoms with van der Waals surface area (Å²) in [4.78, 5) is 0.513. The zero-order valence-corrected chi connectivity index (χ0v) is 8.03. The van der Waals surface area contributed by atoms with Crippen molar-refractivity contribution in [2.45, 2.75) is 4.90 Å². The average molecular weight is 211 g/mol. The van der Waals surface area contributed by atoms with Crippen molar-refractivity contribution in [1.82, 2.24) is 0 Å². The van der Waals surface area contributed by atoms with Crippen LogP contribution < -0.4 is 0 Å². The summed E-state index contributed by atoms with van der Waals surface area (Å²) in [5.74, 6) is -0.438. The van der Waals surface area contributed by atoms with Crippen LogP contribution in [0.3, 0.4) is 0 Å². The molecule has 11 heavy (non-hydrogen) atoms. The van der Waals surface area contributed by atoms with E-state index in [9.17, 15) is 4.39 Å². The fourth-order valence-corrected chi connectivity index (χ4v) is 1.52. The molecule has 60 valence electrons. The van der Waals surface area contributed by atoms with E-state index in [1.807, 2.05) is 0 Å². The number of thioether (sulfide) groups is 1. The van der Waals surface area contributed by atoms with Gasteiger partial charge in [-0.25, -0.2) is 4.39 Å². The second-order valence-electron chi connectivity index (χ2n) is 1.88. The minimum absolute atomic E-state index is 0.00137. The first-order chi connectivity index (χ1) is 5.16. The van der Waals surface area contributed by atoms with Gasteiger partial charge in [-0.2, -0.15) is 0 Å². The maximum atomic E-state index is 13.0. The molecule has 1 aromatic rings. The third kappa shape index (κ3) is 1.81. The van der Waals surface area contributed by atoms with E-state index in [0.717, 1.165) is 0 Å². The number of hydrogen-bond donors (Lipinski definition) is 0. The molecular formula is C7H5Cl2FS. The van der Waals surface area contributed by atoms with Crippen molar-refractivity contribution in [3.05, 3.63) is 28.0 Å². The van der Waals surface area contributed by atoms with Gasteiger partial charge in [0.05, 0.1) is 10.0 Å². The van der Waals surface area contributed by atoms with Crippen molar-refractivity contribution in [3.63, 3.8) is 0 Å². The minimum Gasteiger partial charge on any atom is -0.204 e. The molecule has 0 atom stereocenters. The maximum Gasteiger partial charge on any atom is 0.156 e. The highest BCUT2D eigenvalue weighted by Crippen LogP contribution is 2.30. The van der Waals surface area contributed by atoms with Crippen LogP contribution in [0, 0.1) is 5.82 Å². The van der Waals surface area contributed by atoms with Gasteiger partial charge in [-0.3, -0.25) is 0 Å². The van der Waals surface area contributed by atoms with E-state index in [0.29, 0.717) is 4.90 Å². The lowest BCUT2D eigenvalue weighted by Gasteiger charge is -2.01. The molecule has 0 unspecified atom stereocenters. The molecule has 0 saturated heterocycles. The van der Waals surface area contributed by atoms with Gasteiger partial charge in [-0.05, 0) is 18.4 Å². The normalized spacial score (nSPS) is 10.2. The fraction of sp³-hybridized carbons (Fsp3) is 0.143. The number of halogens is 3. The van der Waals surface area contributed by atoms with Crippen LogP contribution >= 0.6 is 35.0 Å². The summed E-state index contributed by atoms with van der Waals surface area (Å²) in [5.41, 5.74) is 0. The zero-order valence-electron chi connectivity index (χ0n) is 5.70. The monoisotopic (exact) mass is 210 g/mol. The van der Waals surface area contributed by atoms with Gasteiger partial charge < -0.3 is 0 Å². The Hall–Kier alpha value is 0.0800. The fourth-order valence-electron chi connectivity index (χ4n) is 0.666. The largest absolute Gasteiger partial charge is 0.204 e. The van der Waals surface area contributed by atoms with Crippen LogP contribution in [0.2, 0.25) is 10.0 Å². The van der Waals surface area contributed by atoms with Gasteiger partial charge in [0, 0.05) is 4.90 Å². The van der Waals surface area contributed by atoms with Crippen LogP contribution in [0.15, 0.2) is 17.0 Å². The molecule has 0 aliphatic carbocycles. The van der Waals surface area contributed by atoms with Crippen LogP contribution in [0.5, 0.6) is 0 Å². The van der Waals surface area contributed by atoms with E-state index < -0.39 is 5.82 Å². The molecule has 1 rings (SSSR count). The number of benzene rings is 1. The van der Waals surface area contributed by atoms with Crippen LogP contribution in [0.25, 0.3) is 0 Å². The van der Waals surface area contributed by atoms with Crippen LogP contribution in [0.1, 0.15) is 0 Å². The van der Waals surface area contributed by atoms with Gasteiger partial charge in [0.25, 0.3) is 0 Å². The summed E-state index contributed by atoms with van der Waals surface area (Å²) in [6, 6.07) is 3.19. The van der Waals surface area contributed by atoms with Gasteiger partial charge in [0.1, 0.15) is 0 Å². The van der Waals surface area contributed by atoms with Gasteiger partial charge >= 0.3 is 0 Å².